The molecule has 1 N–H and O–H groups in total. The van der Waals surface area contributed by atoms with Gasteiger partial charge in [-0.2, -0.15) is 0 Å². The molecule has 0 bridgehead atoms. The van der Waals surface area contributed by atoms with Gasteiger partial charge in [-0.3, -0.25) is 23.4 Å². The predicted octanol–water partition coefficient (Wildman–Crippen LogP) is 10.7. The van der Waals surface area contributed by atoms with Crippen molar-refractivity contribution in [1.82, 2.24) is 0 Å². The Balaban J connectivity index is 2.43. The van der Waals surface area contributed by atoms with E-state index in [0.29, 0.717) is 36.7 Å². The van der Waals surface area contributed by atoms with Crippen molar-refractivity contribution < 1.29 is 51.3 Å². The molecule has 0 aliphatic carbocycles. The van der Waals surface area contributed by atoms with Crippen molar-refractivity contribution in [1.29, 1.82) is 0 Å². The monoisotopic (exact) mass is 835 g/mol. The molecular formula is C46H77NO10P+. The number of likely N-dealkylation sites (N-methyl/N-ethyl adjacent to an activating group) is 1. The topological polar surface area (TPSA) is 139 Å². The molecule has 11 nitrogen and oxygen atoms in total. The minimum Gasteiger partial charge on any atom is -0.466 e. The summed E-state index contributed by atoms with van der Waals surface area (Å²) in [6.07, 6.45) is 30.1. The molecule has 0 spiro atoms. The zero-order valence-corrected chi connectivity index (χ0v) is 37.9. The number of nitrogens with zero attached hydrogens (tertiary/aromatic N) is 1. The number of hydrogen-bond donors (Lipinski definition) is 1. The molecule has 0 aromatic carbocycles. The lowest BCUT2D eigenvalue weighted by atomic mass is 10.0. The van der Waals surface area contributed by atoms with Crippen molar-refractivity contribution in [2.45, 2.75) is 156 Å². The lowest BCUT2D eigenvalue weighted by molar-refractivity contribution is -0.870. The van der Waals surface area contributed by atoms with Crippen LogP contribution in [0.15, 0.2) is 53.0 Å². The number of esters is 2. The smallest absolute Gasteiger partial charge is 0.466 e. The SMILES string of the molecule is CCCCCC(=O)/C=C/C=C\C/C=C\C/C=C\CCCC(=O)O[C@H](COC(=O)CCCCCCCCc1oc(CCC)c(C)c1C)COP(=O)(O)OCC[N+](C)(C)C. The van der Waals surface area contributed by atoms with Crippen molar-refractivity contribution >= 4 is 25.5 Å². The maximum Gasteiger partial charge on any atom is 0.472 e. The van der Waals surface area contributed by atoms with Gasteiger partial charge in [0.25, 0.3) is 0 Å². The average Bonchev–Trinajstić information content (AvgIpc) is 3.42. The number of unbranched alkanes of at least 4 members (excludes halogenated alkanes) is 8. The van der Waals surface area contributed by atoms with E-state index in [1.54, 1.807) is 12.2 Å². The van der Waals surface area contributed by atoms with Gasteiger partial charge in [0.2, 0.25) is 0 Å². The van der Waals surface area contributed by atoms with Crippen molar-refractivity contribution in [2.75, 3.05) is 47.5 Å². The second-order valence-electron chi connectivity index (χ2n) is 16.0. The van der Waals surface area contributed by atoms with Gasteiger partial charge in [0.1, 0.15) is 31.3 Å². The zero-order chi connectivity index (χ0) is 43.1. The van der Waals surface area contributed by atoms with Gasteiger partial charge < -0.3 is 23.3 Å². The van der Waals surface area contributed by atoms with Gasteiger partial charge in [0, 0.05) is 32.1 Å². The first-order valence-corrected chi connectivity index (χ1v) is 23.2. The summed E-state index contributed by atoms with van der Waals surface area (Å²) in [5, 5.41) is 0. The maximum absolute atomic E-state index is 12.7. The minimum absolute atomic E-state index is 0.000387. The molecule has 0 saturated carbocycles. The highest BCUT2D eigenvalue weighted by molar-refractivity contribution is 7.47. The fourth-order valence-electron chi connectivity index (χ4n) is 5.83. The lowest BCUT2D eigenvalue weighted by Crippen LogP contribution is -2.37. The fourth-order valence-corrected chi connectivity index (χ4v) is 6.57. The molecule has 1 aromatic rings. The summed E-state index contributed by atoms with van der Waals surface area (Å²) in [5.74, 6) is 1.46. The van der Waals surface area contributed by atoms with Gasteiger partial charge in [-0.25, -0.2) is 4.57 Å². The first-order valence-electron chi connectivity index (χ1n) is 21.7. The highest BCUT2D eigenvalue weighted by Gasteiger charge is 2.27. The Kier molecular flexibility index (Phi) is 29.0. The Morgan fingerprint density at radius 2 is 1.33 bits per heavy atom. The number of quaternary nitrogens is 1. The van der Waals surface area contributed by atoms with Gasteiger partial charge in [-0.15, -0.1) is 0 Å². The Labute approximate surface area is 350 Å². The van der Waals surface area contributed by atoms with Crippen LogP contribution in [-0.2, 0) is 50.3 Å². The van der Waals surface area contributed by atoms with Gasteiger partial charge in [0.05, 0.1) is 27.7 Å². The predicted molar refractivity (Wildman–Crippen MR) is 232 cm³/mol. The van der Waals surface area contributed by atoms with Crippen molar-refractivity contribution in [3.8, 4) is 0 Å². The van der Waals surface area contributed by atoms with E-state index in [9.17, 15) is 23.8 Å². The Morgan fingerprint density at radius 3 is 2.02 bits per heavy atom. The van der Waals surface area contributed by atoms with Crippen LogP contribution in [0.3, 0.4) is 0 Å². The molecule has 330 valence electrons. The number of phosphoric ester groups is 1. The number of carbonyl (C=O) groups excluding carboxylic acids is 3. The van der Waals surface area contributed by atoms with E-state index in [1.807, 2.05) is 45.4 Å². The van der Waals surface area contributed by atoms with E-state index in [1.165, 1.54) is 11.1 Å². The summed E-state index contributed by atoms with van der Waals surface area (Å²) in [5.41, 5.74) is 2.56. The van der Waals surface area contributed by atoms with E-state index >= 15 is 0 Å². The van der Waals surface area contributed by atoms with E-state index in [4.69, 9.17) is 22.9 Å². The van der Waals surface area contributed by atoms with Gasteiger partial charge in [-0.1, -0.05) is 94.9 Å². The molecule has 0 amide bonds. The Morgan fingerprint density at radius 1 is 0.707 bits per heavy atom. The average molecular weight is 835 g/mol. The van der Waals surface area contributed by atoms with Gasteiger partial charge in [-0.05, 0) is 82.4 Å². The van der Waals surface area contributed by atoms with Crippen molar-refractivity contribution in [2.24, 2.45) is 0 Å². The summed E-state index contributed by atoms with van der Waals surface area (Å²) in [4.78, 5) is 47.2. The van der Waals surface area contributed by atoms with E-state index in [-0.39, 0.29) is 31.8 Å². The van der Waals surface area contributed by atoms with Crippen LogP contribution in [0, 0.1) is 13.8 Å². The number of hydrogen-bond acceptors (Lipinski definition) is 9. The largest absolute Gasteiger partial charge is 0.472 e. The number of ether oxygens (including phenoxy) is 2. The highest BCUT2D eigenvalue weighted by atomic mass is 31.2. The number of rotatable bonds is 35. The molecule has 0 fully saturated rings. The molecule has 2 atom stereocenters. The zero-order valence-electron chi connectivity index (χ0n) is 37.0. The van der Waals surface area contributed by atoms with Crippen LogP contribution < -0.4 is 0 Å². The van der Waals surface area contributed by atoms with Crippen LogP contribution in [0.2, 0.25) is 0 Å². The van der Waals surface area contributed by atoms with Crippen LogP contribution in [0.5, 0.6) is 0 Å². The van der Waals surface area contributed by atoms with Crippen LogP contribution in [-0.4, -0.2) is 80.7 Å². The number of aryl methyl sites for hydroxylation is 2. The summed E-state index contributed by atoms with van der Waals surface area (Å²) in [6.45, 7) is 8.31. The summed E-state index contributed by atoms with van der Waals surface area (Å²) < 4.78 is 40.3. The number of carbonyl (C=O) groups is 3. The standard InChI is InChI=1S/C46H76NO10P/c1-8-10-24-30-41(48)31-25-20-16-14-12-11-13-15-17-23-28-34-46(50)56-42(38-55-58(51,52)54-36-35-47(5,6)7)37-53-45(49)33-27-22-19-18-21-26-32-44-40(4)39(3)43(57-44)29-9-2/h11-12,15-17,20,25,31,42H,8-10,13-14,18-19,21-24,26-30,32-38H2,1-7H3/p+1/b12-11-,17-15-,20-16-,31-25+/t42-/m1/s1. The van der Waals surface area contributed by atoms with E-state index in [0.717, 1.165) is 95.0 Å². The molecule has 58 heavy (non-hydrogen) atoms. The lowest BCUT2D eigenvalue weighted by Gasteiger charge is -2.24. The molecule has 0 aliphatic rings. The summed E-state index contributed by atoms with van der Waals surface area (Å²) >= 11 is 0. The third-order valence-corrected chi connectivity index (χ3v) is 10.5. The molecule has 1 rings (SSSR count). The third kappa shape index (κ3) is 28.4. The molecular weight excluding hydrogens is 757 g/mol. The van der Waals surface area contributed by atoms with Gasteiger partial charge in [0.15, 0.2) is 11.9 Å². The molecule has 1 aromatic heterocycles. The second-order valence-corrected chi connectivity index (χ2v) is 17.4. The van der Waals surface area contributed by atoms with Crippen LogP contribution in [0.4, 0.5) is 0 Å². The molecule has 0 saturated heterocycles. The molecule has 1 unspecified atom stereocenters. The van der Waals surface area contributed by atoms with Crippen LogP contribution in [0.25, 0.3) is 0 Å². The highest BCUT2D eigenvalue weighted by Crippen LogP contribution is 2.43. The Bertz CT molecular complexity index is 1470. The molecule has 12 heteroatoms. The number of ketones is 1. The first kappa shape index (κ1) is 52.9. The number of phosphoric acid groups is 1. The van der Waals surface area contributed by atoms with Crippen LogP contribution in [0.1, 0.15) is 146 Å². The van der Waals surface area contributed by atoms with Crippen molar-refractivity contribution in [3.63, 3.8) is 0 Å². The second kappa shape index (κ2) is 31.8. The fraction of sp³-hybridized carbons (Fsp3) is 0.674. The number of furan rings is 1. The first-order chi connectivity index (χ1) is 27.7. The van der Waals surface area contributed by atoms with E-state index in [2.05, 4.69) is 39.8 Å². The third-order valence-electron chi connectivity index (χ3n) is 9.51. The van der Waals surface area contributed by atoms with Crippen LogP contribution >= 0.6 is 7.82 Å². The van der Waals surface area contributed by atoms with Gasteiger partial charge >= 0.3 is 19.8 Å². The number of allylic oxidation sites excluding steroid dienone is 8. The normalized spacial score (nSPS) is 13.9. The quantitative estimate of drug-likeness (QED) is 0.0134. The molecule has 0 radical (unpaired) electrons. The Hall–Kier alpha value is -3.08. The summed E-state index contributed by atoms with van der Waals surface area (Å²) in [7, 11) is 1.37. The maximum atomic E-state index is 12.7. The van der Waals surface area contributed by atoms with E-state index < -0.39 is 32.5 Å². The minimum atomic E-state index is -4.42. The summed E-state index contributed by atoms with van der Waals surface area (Å²) in [6, 6.07) is 0. The molecule has 0 aliphatic heterocycles. The van der Waals surface area contributed by atoms with Crippen molar-refractivity contribution in [3.05, 3.63) is 71.3 Å². The molecule has 1 heterocycles.